The fourth-order valence-corrected chi connectivity index (χ4v) is 5.70. The standard InChI is InChI=1S/C32H37F2NO3/c1-22-25(20-38-31-19-26(36-3)18-24-8-4-12-29(24)31)9-5-10-27(22)28-11-6-13-30(23(28)2)37-17-7-15-35-16-14-32(33,34)21-35/h5-6,9-11,13,18-19H,4,7-8,12,14-17,20-21H2,1-3H3. The van der Waals surface area contributed by atoms with Crippen LogP contribution in [0.4, 0.5) is 8.78 Å². The Morgan fingerprint density at radius 2 is 1.71 bits per heavy atom. The molecule has 38 heavy (non-hydrogen) atoms. The van der Waals surface area contributed by atoms with Crippen LogP contribution >= 0.6 is 0 Å². The van der Waals surface area contributed by atoms with E-state index in [1.807, 2.05) is 23.1 Å². The average molecular weight is 522 g/mol. The van der Waals surface area contributed by atoms with Crippen molar-refractivity contribution in [2.75, 3.05) is 33.4 Å². The topological polar surface area (TPSA) is 30.9 Å². The van der Waals surface area contributed by atoms with Crippen LogP contribution in [0.2, 0.25) is 0 Å². The summed E-state index contributed by atoms with van der Waals surface area (Å²) in [7, 11) is 1.70. The minimum absolute atomic E-state index is 0.0415. The van der Waals surface area contributed by atoms with Crippen molar-refractivity contribution in [3.8, 4) is 28.4 Å². The lowest BCUT2D eigenvalue weighted by Crippen LogP contribution is -2.27. The van der Waals surface area contributed by atoms with E-state index < -0.39 is 5.92 Å². The van der Waals surface area contributed by atoms with Gasteiger partial charge < -0.3 is 14.2 Å². The zero-order valence-electron chi connectivity index (χ0n) is 22.6. The summed E-state index contributed by atoms with van der Waals surface area (Å²) < 4.78 is 44.8. The Morgan fingerprint density at radius 3 is 2.47 bits per heavy atom. The van der Waals surface area contributed by atoms with Gasteiger partial charge in [0, 0.05) is 25.6 Å². The van der Waals surface area contributed by atoms with E-state index in [9.17, 15) is 8.78 Å². The van der Waals surface area contributed by atoms with Crippen molar-refractivity contribution >= 4 is 0 Å². The largest absolute Gasteiger partial charge is 0.497 e. The highest BCUT2D eigenvalue weighted by Gasteiger charge is 2.37. The first-order valence-corrected chi connectivity index (χ1v) is 13.6. The molecule has 202 valence electrons. The van der Waals surface area contributed by atoms with E-state index in [4.69, 9.17) is 14.2 Å². The highest BCUT2D eigenvalue weighted by Crippen LogP contribution is 2.37. The van der Waals surface area contributed by atoms with Gasteiger partial charge >= 0.3 is 0 Å². The number of likely N-dealkylation sites (tertiary alicyclic amines) is 1. The lowest BCUT2D eigenvalue weighted by Gasteiger charge is -2.18. The summed E-state index contributed by atoms with van der Waals surface area (Å²) in [5.74, 6) is 0.0575. The number of nitrogens with zero attached hydrogens (tertiary/aromatic N) is 1. The number of halogens is 2. The quantitative estimate of drug-likeness (QED) is 0.265. The molecule has 0 amide bonds. The molecule has 1 aliphatic carbocycles. The lowest BCUT2D eigenvalue weighted by atomic mass is 9.93. The molecule has 1 saturated heterocycles. The maximum absolute atomic E-state index is 13.4. The summed E-state index contributed by atoms with van der Waals surface area (Å²) >= 11 is 0. The molecule has 4 nitrogen and oxygen atoms in total. The minimum atomic E-state index is -2.54. The molecule has 3 aromatic carbocycles. The molecule has 3 aromatic rings. The summed E-state index contributed by atoms with van der Waals surface area (Å²) in [6.07, 6.45) is 3.95. The van der Waals surface area contributed by atoms with E-state index in [-0.39, 0.29) is 13.0 Å². The molecule has 0 aromatic heterocycles. The van der Waals surface area contributed by atoms with Gasteiger partial charge in [0.05, 0.1) is 20.3 Å². The number of alkyl halides is 2. The van der Waals surface area contributed by atoms with Crippen molar-refractivity contribution in [3.63, 3.8) is 0 Å². The second-order valence-corrected chi connectivity index (χ2v) is 10.5. The van der Waals surface area contributed by atoms with E-state index in [1.54, 1.807) is 7.11 Å². The van der Waals surface area contributed by atoms with Crippen molar-refractivity contribution in [1.29, 1.82) is 0 Å². The van der Waals surface area contributed by atoms with Gasteiger partial charge in [-0.15, -0.1) is 0 Å². The third-order valence-electron chi connectivity index (χ3n) is 7.91. The van der Waals surface area contributed by atoms with Gasteiger partial charge in [0.1, 0.15) is 23.9 Å². The van der Waals surface area contributed by atoms with Crippen LogP contribution in [0.3, 0.4) is 0 Å². The molecular formula is C32H37F2NO3. The van der Waals surface area contributed by atoms with Crippen molar-refractivity contribution in [1.82, 2.24) is 4.90 Å². The zero-order valence-corrected chi connectivity index (χ0v) is 22.6. The zero-order chi connectivity index (χ0) is 26.7. The number of hydrogen-bond donors (Lipinski definition) is 0. The highest BCUT2D eigenvalue weighted by atomic mass is 19.3. The second kappa shape index (κ2) is 11.3. The normalized spacial score (nSPS) is 16.4. The first-order chi connectivity index (χ1) is 18.3. The van der Waals surface area contributed by atoms with Gasteiger partial charge in [-0.05, 0) is 90.6 Å². The molecule has 0 bridgehead atoms. The van der Waals surface area contributed by atoms with Crippen LogP contribution in [0.1, 0.15) is 47.1 Å². The molecule has 1 aliphatic heterocycles. The molecule has 1 fully saturated rings. The van der Waals surface area contributed by atoms with Gasteiger partial charge in [-0.25, -0.2) is 8.78 Å². The Hall–Kier alpha value is -3.12. The maximum Gasteiger partial charge on any atom is 0.261 e. The fourth-order valence-electron chi connectivity index (χ4n) is 5.70. The van der Waals surface area contributed by atoms with Crippen LogP contribution in [0, 0.1) is 13.8 Å². The second-order valence-electron chi connectivity index (χ2n) is 10.5. The van der Waals surface area contributed by atoms with Crippen molar-refractivity contribution in [2.45, 2.75) is 58.5 Å². The Balaban J connectivity index is 1.26. The SMILES string of the molecule is COc1cc2c(c(OCc3cccc(-c4cccc(OCCCN5CCC(F)(F)C5)c4C)c3C)c1)CCC2. The third kappa shape index (κ3) is 5.80. The van der Waals surface area contributed by atoms with Crippen LogP contribution < -0.4 is 14.2 Å². The van der Waals surface area contributed by atoms with Gasteiger partial charge in [0.25, 0.3) is 5.92 Å². The monoisotopic (exact) mass is 521 g/mol. The molecule has 0 unspecified atom stereocenters. The van der Waals surface area contributed by atoms with Crippen LogP contribution in [-0.2, 0) is 19.4 Å². The van der Waals surface area contributed by atoms with Crippen molar-refractivity contribution < 1.29 is 23.0 Å². The summed E-state index contributed by atoms with van der Waals surface area (Å²) in [6.45, 7) is 6.17. The molecule has 1 heterocycles. The van der Waals surface area contributed by atoms with Gasteiger partial charge in [0.2, 0.25) is 0 Å². The Bertz CT molecular complexity index is 1290. The first-order valence-electron chi connectivity index (χ1n) is 13.6. The van der Waals surface area contributed by atoms with Gasteiger partial charge in [-0.1, -0.05) is 30.3 Å². The molecule has 0 radical (unpaired) electrons. The van der Waals surface area contributed by atoms with Crippen molar-refractivity contribution in [3.05, 3.63) is 76.3 Å². The summed E-state index contributed by atoms with van der Waals surface area (Å²) in [5.41, 5.74) is 8.32. The Morgan fingerprint density at radius 1 is 0.921 bits per heavy atom. The van der Waals surface area contributed by atoms with Crippen LogP contribution in [0.5, 0.6) is 17.2 Å². The van der Waals surface area contributed by atoms with Crippen LogP contribution in [-0.4, -0.2) is 44.2 Å². The number of hydrogen-bond acceptors (Lipinski definition) is 4. The van der Waals surface area contributed by atoms with E-state index in [2.05, 4.69) is 44.2 Å². The van der Waals surface area contributed by atoms with Gasteiger partial charge in [-0.2, -0.15) is 0 Å². The smallest absolute Gasteiger partial charge is 0.261 e. The number of fused-ring (bicyclic) bond motifs is 1. The predicted octanol–water partition coefficient (Wildman–Crippen LogP) is 7.16. The number of methoxy groups -OCH3 is 1. The average Bonchev–Trinajstić information content (AvgIpc) is 3.52. The lowest BCUT2D eigenvalue weighted by molar-refractivity contribution is 0.0118. The Kier molecular flexibility index (Phi) is 7.89. The third-order valence-corrected chi connectivity index (χ3v) is 7.91. The fraction of sp³-hybridized carbons (Fsp3) is 0.438. The molecule has 0 saturated carbocycles. The summed E-state index contributed by atoms with van der Waals surface area (Å²) in [4.78, 5) is 1.82. The van der Waals surface area contributed by atoms with Crippen molar-refractivity contribution in [2.24, 2.45) is 0 Å². The molecule has 5 rings (SSSR count). The highest BCUT2D eigenvalue weighted by molar-refractivity contribution is 5.73. The number of rotatable bonds is 10. The first kappa shape index (κ1) is 26.5. The summed E-state index contributed by atoms with van der Waals surface area (Å²) in [6, 6.07) is 16.6. The van der Waals surface area contributed by atoms with Gasteiger partial charge in [0.15, 0.2) is 0 Å². The molecule has 2 aliphatic rings. The van der Waals surface area contributed by atoms with Crippen LogP contribution in [0.15, 0.2) is 48.5 Å². The molecular weight excluding hydrogens is 484 g/mol. The van der Waals surface area contributed by atoms with Crippen LogP contribution in [0.25, 0.3) is 11.1 Å². The predicted molar refractivity (Wildman–Crippen MR) is 147 cm³/mol. The van der Waals surface area contributed by atoms with E-state index in [0.717, 1.165) is 65.2 Å². The molecule has 0 spiro atoms. The molecule has 0 N–H and O–H groups in total. The van der Waals surface area contributed by atoms with E-state index in [1.165, 1.54) is 16.7 Å². The maximum atomic E-state index is 13.4. The molecule has 6 heteroatoms. The van der Waals surface area contributed by atoms with Gasteiger partial charge in [-0.3, -0.25) is 4.90 Å². The number of ether oxygens (including phenoxy) is 3. The minimum Gasteiger partial charge on any atom is -0.497 e. The van der Waals surface area contributed by atoms with E-state index in [0.29, 0.717) is 26.3 Å². The summed E-state index contributed by atoms with van der Waals surface area (Å²) in [5, 5.41) is 0. The van der Waals surface area contributed by atoms with E-state index >= 15 is 0 Å². The number of benzene rings is 3. The Labute approximate surface area is 224 Å². The molecule has 0 atom stereocenters. The number of aryl methyl sites for hydroxylation is 1.